The molecule has 0 radical (unpaired) electrons. The predicted molar refractivity (Wildman–Crippen MR) is 67.6 cm³/mol. The van der Waals surface area contributed by atoms with Crippen molar-refractivity contribution in [2.45, 2.75) is 31.9 Å². The predicted octanol–water partition coefficient (Wildman–Crippen LogP) is 1.95. The minimum absolute atomic E-state index is 0.0360. The number of thiophene rings is 1. The summed E-state index contributed by atoms with van der Waals surface area (Å²) in [4.78, 5) is 2.03. The smallest absolute Gasteiger partial charge is 0.157 e. The highest BCUT2D eigenvalue weighted by Gasteiger charge is 2.18. The van der Waals surface area contributed by atoms with Crippen LogP contribution in [-0.2, 0) is 21.0 Å². The van der Waals surface area contributed by atoms with Crippen molar-refractivity contribution in [1.29, 1.82) is 0 Å². The second-order valence-corrected chi connectivity index (χ2v) is 8.18. The third-order valence-electron chi connectivity index (χ3n) is 2.17. The van der Waals surface area contributed by atoms with Gasteiger partial charge >= 0.3 is 0 Å². The van der Waals surface area contributed by atoms with Crippen LogP contribution >= 0.6 is 11.3 Å². The highest BCUT2D eigenvalue weighted by Crippen LogP contribution is 2.30. The van der Waals surface area contributed by atoms with Crippen molar-refractivity contribution in [3.8, 4) is 0 Å². The van der Waals surface area contributed by atoms with Crippen molar-refractivity contribution in [3.05, 3.63) is 21.9 Å². The van der Waals surface area contributed by atoms with E-state index in [9.17, 15) is 8.42 Å². The Kier molecular flexibility index (Phi) is 4.15. The lowest BCUT2D eigenvalue weighted by Gasteiger charge is -2.15. The molecule has 3 nitrogen and oxygen atoms in total. The van der Waals surface area contributed by atoms with Gasteiger partial charge in [0.15, 0.2) is 9.84 Å². The zero-order valence-corrected chi connectivity index (χ0v) is 11.5. The Bertz CT molecular complexity index is 438. The molecule has 16 heavy (non-hydrogen) atoms. The SMILES string of the molecule is CC(C)(C)c1ccc(CS(=O)(=O)CCO)s1. The van der Waals surface area contributed by atoms with Gasteiger partial charge in [-0.2, -0.15) is 0 Å². The first kappa shape index (κ1) is 13.7. The van der Waals surface area contributed by atoms with Gasteiger partial charge in [-0.3, -0.25) is 0 Å². The molecule has 0 aliphatic heterocycles. The molecule has 0 saturated heterocycles. The van der Waals surface area contributed by atoms with Crippen LogP contribution in [-0.4, -0.2) is 25.9 Å². The Morgan fingerprint density at radius 1 is 1.31 bits per heavy atom. The molecule has 0 fully saturated rings. The summed E-state index contributed by atoms with van der Waals surface area (Å²) in [6.45, 7) is 6.00. The van der Waals surface area contributed by atoms with Crippen LogP contribution in [0.25, 0.3) is 0 Å². The van der Waals surface area contributed by atoms with Crippen LogP contribution in [0.3, 0.4) is 0 Å². The van der Waals surface area contributed by atoms with E-state index in [0.29, 0.717) is 0 Å². The topological polar surface area (TPSA) is 54.4 Å². The molecule has 0 amide bonds. The van der Waals surface area contributed by atoms with Crippen molar-refractivity contribution in [2.24, 2.45) is 0 Å². The minimum Gasteiger partial charge on any atom is -0.395 e. The molecule has 92 valence electrons. The maximum atomic E-state index is 11.5. The lowest BCUT2D eigenvalue weighted by atomic mass is 9.95. The molecule has 1 aromatic heterocycles. The van der Waals surface area contributed by atoms with Gasteiger partial charge in [0, 0.05) is 9.75 Å². The fourth-order valence-electron chi connectivity index (χ4n) is 1.29. The van der Waals surface area contributed by atoms with E-state index in [1.807, 2.05) is 12.1 Å². The average molecular weight is 262 g/mol. The van der Waals surface area contributed by atoms with Gasteiger partial charge < -0.3 is 5.11 Å². The molecule has 0 aliphatic carbocycles. The van der Waals surface area contributed by atoms with Gasteiger partial charge in [0.05, 0.1) is 18.1 Å². The van der Waals surface area contributed by atoms with Crippen LogP contribution in [0.2, 0.25) is 0 Å². The maximum Gasteiger partial charge on any atom is 0.157 e. The van der Waals surface area contributed by atoms with Gasteiger partial charge in [-0.15, -0.1) is 11.3 Å². The van der Waals surface area contributed by atoms with Gasteiger partial charge in [0.2, 0.25) is 0 Å². The molecule has 5 heteroatoms. The van der Waals surface area contributed by atoms with Crippen LogP contribution in [0.5, 0.6) is 0 Å². The largest absolute Gasteiger partial charge is 0.395 e. The number of aliphatic hydroxyl groups excluding tert-OH is 1. The molecule has 1 N–H and O–H groups in total. The number of rotatable bonds is 4. The number of sulfone groups is 1. The first-order valence-corrected chi connectivity index (χ1v) is 7.79. The highest BCUT2D eigenvalue weighted by molar-refractivity contribution is 7.90. The zero-order chi connectivity index (χ0) is 12.4. The molecule has 1 rings (SSSR count). The van der Waals surface area contributed by atoms with E-state index in [1.54, 1.807) is 0 Å². The molecule has 0 saturated carbocycles. The van der Waals surface area contributed by atoms with E-state index < -0.39 is 9.84 Å². The molecular formula is C11H18O3S2. The zero-order valence-electron chi connectivity index (χ0n) is 9.86. The molecule has 0 aliphatic rings. The van der Waals surface area contributed by atoms with E-state index in [0.717, 1.165) is 4.88 Å². The fraction of sp³-hybridized carbons (Fsp3) is 0.636. The molecule has 0 bridgehead atoms. The van der Waals surface area contributed by atoms with Crippen LogP contribution in [0, 0.1) is 0 Å². The Balaban J connectivity index is 2.81. The van der Waals surface area contributed by atoms with Crippen molar-refractivity contribution >= 4 is 21.2 Å². The molecular weight excluding hydrogens is 244 g/mol. The first-order valence-electron chi connectivity index (χ1n) is 5.15. The highest BCUT2D eigenvalue weighted by atomic mass is 32.2. The monoisotopic (exact) mass is 262 g/mol. The second-order valence-electron chi connectivity index (χ2n) is 4.83. The quantitative estimate of drug-likeness (QED) is 0.902. The summed E-state index contributed by atoms with van der Waals surface area (Å²) < 4.78 is 23.0. The van der Waals surface area contributed by atoms with Crippen LogP contribution in [0.15, 0.2) is 12.1 Å². The van der Waals surface area contributed by atoms with Gasteiger partial charge in [-0.25, -0.2) is 8.42 Å². The van der Waals surface area contributed by atoms with Crippen LogP contribution in [0.1, 0.15) is 30.5 Å². The summed E-state index contributed by atoms with van der Waals surface area (Å²) >= 11 is 1.53. The molecule has 0 spiro atoms. The number of hydrogen-bond acceptors (Lipinski definition) is 4. The van der Waals surface area contributed by atoms with Crippen LogP contribution in [0.4, 0.5) is 0 Å². The van der Waals surface area contributed by atoms with E-state index in [-0.39, 0.29) is 23.5 Å². The summed E-state index contributed by atoms with van der Waals surface area (Å²) in [7, 11) is -3.16. The van der Waals surface area contributed by atoms with Crippen molar-refractivity contribution in [2.75, 3.05) is 12.4 Å². The van der Waals surface area contributed by atoms with Crippen LogP contribution < -0.4 is 0 Å². The Hall–Kier alpha value is -0.390. The average Bonchev–Trinajstić information content (AvgIpc) is 2.50. The normalized spacial score (nSPS) is 13.0. The van der Waals surface area contributed by atoms with Gasteiger partial charge in [-0.05, 0) is 17.5 Å². The van der Waals surface area contributed by atoms with Gasteiger partial charge in [0.1, 0.15) is 0 Å². The molecule has 1 aromatic rings. The van der Waals surface area contributed by atoms with E-state index >= 15 is 0 Å². The third kappa shape index (κ3) is 3.88. The van der Waals surface area contributed by atoms with Crippen molar-refractivity contribution in [3.63, 3.8) is 0 Å². The van der Waals surface area contributed by atoms with Crippen molar-refractivity contribution in [1.82, 2.24) is 0 Å². The summed E-state index contributed by atoms with van der Waals surface area (Å²) in [6, 6.07) is 3.84. The number of aliphatic hydroxyl groups is 1. The summed E-state index contributed by atoms with van der Waals surface area (Å²) in [6.07, 6.45) is 0. The molecule has 1 heterocycles. The second kappa shape index (κ2) is 4.85. The van der Waals surface area contributed by atoms with Crippen molar-refractivity contribution < 1.29 is 13.5 Å². The summed E-state index contributed by atoms with van der Waals surface area (Å²) in [5.41, 5.74) is 0.0592. The summed E-state index contributed by atoms with van der Waals surface area (Å²) in [5.74, 6) is -0.121. The van der Waals surface area contributed by atoms with Gasteiger partial charge in [0.25, 0.3) is 0 Å². The summed E-state index contributed by atoms with van der Waals surface area (Å²) in [5, 5.41) is 8.64. The third-order valence-corrected chi connectivity index (χ3v) is 5.41. The van der Waals surface area contributed by atoms with E-state index in [4.69, 9.17) is 5.11 Å². The molecule has 0 unspecified atom stereocenters. The Labute approximate surface area is 101 Å². The first-order chi connectivity index (χ1) is 7.24. The lowest BCUT2D eigenvalue weighted by molar-refractivity contribution is 0.319. The Morgan fingerprint density at radius 2 is 1.94 bits per heavy atom. The lowest BCUT2D eigenvalue weighted by Crippen LogP contribution is -2.11. The standard InChI is InChI=1S/C11H18O3S2/c1-11(2,3)10-5-4-9(15-10)8-16(13,14)7-6-12/h4-5,12H,6-8H2,1-3H3. The maximum absolute atomic E-state index is 11.5. The number of hydrogen-bond donors (Lipinski definition) is 1. The Morgan fingerprint density at radius 3 is 2.38 bits per heavy atom. The van der Waals surface area contributed by atoms with E-state index in [1.165, 1.54) is 16.2 Å². The van der Waals surface area contributed by atoms with E-state index in [2.05, 4.69) is 20.8 Å². The molecule has 0 aromatic carbocycles. The van der Waals surface area contributed by atoms with Gasteiger partial charge in [-0.1, -0.05) is 20.8 Å². The fourth-order valence-corrected chi connectivity index (χ4v) is 3.87. The minimum atomic E-state index is -3.16. The molecule has 0 atom stereocenters.